The molecule has 3 heterocycles. The number of anilines is 1. The van der Waals surface area contributed by atoms with Crippen LogP contribution < -0.4 is 10.1 Å². The summed E-state index contributed by atoms with van der Waals surface area (Å²) < 4.78 is 24.0. The highest BCUT2D eigenvalue weighted by Crippen LogP contribution is 2.59. The monoisotopic (exact) mass is 963 g/mol. The van der Waals surface area contributed by atoms with Gasteiger partial charge in [0.15, 0.2) is 5.75 Å². The van der Waals surface area contributed by atoms with E-state index >= 15 is 0 Å². The lowest BCUT2D eigenvalue weighted by Crippen LogP contribution is -2.58. The molecule has 1 amide bonds. The molecule has 3 aromatic rings. The van der Waals surface area contributed by atoms with E-state index in [1.807, 2.05) is 30.3 Å². The van der Waals surface area contributed by atoms with Crippen LogP contribution in [0, 0.1) is 48.3 Å². The molecule has 9 atom stereocenters. The maximum Gasteiger partial charge on any atom is 0.312 e. The van der Waals surface area contributed by atoms with Gasteiger partial charge in [-0.2, -0.15) is 5.10 Å². The number of benzene rings is 3. The number of nitrogens with zero attached hydrogens (tertiary/aromatic N) is 2. The van der Waals surface area contributed by atoms with Gasteiger partial charge in [-0.25, -0.2) is 0 Å². The number of amides is 1. The van der Waals surface area contributed by atoms with E-state index in [-0.39, 0.29) is 50.0 Å². The zero-order valence-corrected chi connectivity index (χ0v) is 41.6. The predicted molar refractivity (Wildman–Crippen MR) is 264 cm³/mol. The van der Waals surface area contributed by atoms with Crippen LogP contribution in [0.3, 0.4) is 0 Å². The Balaban J connectivity index is 1.29. The van der Waals surface area contributed by atoms with Crippen LogP contribution in [0.1, 0.15) is 114 Å². The number of phenolic OH excluding ortho intramolecular Hbond substituents is 3. The van der Waals surface area contributed by atoms with Gasteiger partial charge in [0, 0.05) is 61.2 Å². The minimum atomic E-state index is -2.07. The Morgan fingerprint density at radius 1 is 0.886 bits per heavy atom. The summed E-state index contributed by atoms with van der Waals surface area (Å²) in [4.78, 5) is 41.5. The number of hydrogen-bond acceptors (Lipinski definition) is 14. The summed E-state index contributed by atoms with van der Waals surface area (Å²) in [5.41, 5.74) is 0.492. The second-order valence-electron chi connectivity index (χ2n) is 21.0. The zero-order chi connectivity index (χ0) is 50.6. The van der Waals surface area contributed by atoms with E-state index in [0.29, 0.717) is 24.3 Å². The molecule has 0 unspecified atom stereocenters. The molecule has 4 fully saturated rings. The van der Waals surface area contributed by atoms with Crippen molar-refractivity contribution in [1.82, 2.24) is 5.01 Å². The van der Waals surface area contributed by atoms with E-state index in [1.54, 1.807) is 46.8 Å². The second-order valence-corrected chi connectivity index (χ2v) is 21.0. The summed E-state index contributed by atoms with van der Waals surface area (Å²) in [7, 11) is 1.45. The van der Waals surface area contributed by atoms with Gasteiger partial charge >= 0.3 is 11.8 Å². The number of allylic oxidation sites excluding steroid dienone is 2. The van der Waals surface area contributed by atoms with Crippen molar-refractivity contribution in [3.8, 4) is 23.0 Å². The average molecular weight is 964 g/mol. The number of carbonyl (C=O) groups is 3. The fourth-order valence-electron chi connectivity index (χ4n) is 12.5. The van der Waals surface area contributed by atoms with E-state index in [4.69, 9.17) is 24.0 Å². The first kappa shape index (κ1) is 50.5. The van der Waals surface area contributed by atoms with Crippen LogP contribution in [-0.4, -0.2) is 97.3 Å². The van der Waals surface area contributed by atoms with Crippen LogP contribution in [-0.2, 0) is 30.3 Å². The number of aliphatic hydroxyl groups excluding tert-OH is 2. The van der Waals surface area contributed by atoms with Crippen molar-refractivity contribution in [3.05, 3.63) is 88.7 Å². The molecule has 10 rings (SSSR count). The number of rotatable bonds is 7. The number of ketones is 1. The third-order valence-corrected chi connectivity index (χ3v) is 16.1. The van der Waals surface area contributed by atoms with Gasteiger partial charge in [0.25, 0.3) is 11.7 Å². The summed E-state index contributed by atoms with van der Waals surface area (Å²) in [6.45, 7) is 13.1. The van der Waals surface area contributed by atoms with E-state index in [9.17, 15) is 39.9 Å². The van der Waals surface area contributed by atoms with Crippen molar-refractivity contribution in [1.29, 1.82) is 0 Å². The topological polar surface area (TPSA) is 217 Å². The summed E-state index contributed by atoms with van der Waals surface area (Å²) in [6, 6.07) is 10.0. The second kappa shape index (κ2) is 19.7. The third kappa shape index (κ3) is 9.27. The molecule has 6 N–H and O–H groups in total. The Morgan fingerprint density at radius 2 is 1.53 bits per heavy atom. The van der Waals surface area contributed by atoms with E-state index < -0.39 is 88.8 Å². The SMILES string of the molecule is CO[C@@H]1C=CO[C@@]2(C)Oc3c(C)c(O)c4c(O)c(c(C=NN(Cc5ccccc5)C56CC7CC(CC(C7)C5)C6)c(O)c4c3C2=O)NC(=O)C(C)=CC=C[C@H](C)[C@H](O)[C@H](C)[C@H](O)[C@H](C)[C@@H](OC(C)=O)[C@H]1C. The van der Waals surface area contributed by atoms with Crippen molar-refractivity contribution >= 4 is 40.3 Å². The molecule has 9 bridgehead atoms. The number of Topliss-reactive ketones (excluding diaryl/α,β-unsaturated/α-hetero) is 1. The van der Waals surface area contributed by atoms with Crippen LogP contribution in [0.4, 0.5) is 5.69 Å². The Kier molecular flexibility index (Phi) is 14.2. The van der Waals surface area contributed by atoms with Crippen molar-refractivity contribution in [2.45, 2.75) is 136 Å². The minimum absolute atomic E-state index is 0.0637. The summed E-state index contributed by atoms with van der Waals surface area (Å²) in [5.74, 6) is -6.60. The molecule has 70 heavy (non-hydrogen) atoms. The molecular weight excluding hydrogens is 895 g/mol. The van der Waals surface area contributed by atoms with Crippen LogP contribution in [0.5, 0.6) is 23.0 Å². The number of hydrogen-bond donors (Lipinski definition) is 6. The van der Waals surface area contributed by atoms with Gasteiger partial charge in [-0.05, 0) is 81.8 Å². The van der Waals surface area contributed by atoms with Gasteiger partial charge in [-0.3, -0.25) is 19.4 Å². The summed E-state index contributed by atoms with van der Waals surface area (Å²) in [5, 5.41) is 69.6. The molecule has 3 aliphatic heterocycles. The molecule has 0 spiro atoms. The number of aromatic hydroxyl groups is 3. The minimum Gasteiger partial charge on any atom is -0.507 e. The number of aliphatic hydroxyl groups is 2. The smallest absolute Gasteiger partial charge is 0.312 e. The lowest BCUT2D eigenvalue weighted by atomic mass is 9.52. The quantitative estimate of drug-likeness (QED) is 0.0431. The normalized spacial score (nSPS) is 33.4. The first-order valence-corrected chi connectivity index (χ1v) is 24.6. The number of carbonyl (C=O) groups excluding carboxylic acids is 3. The first-order chi connectivity index (χ1) is 33.2. The fraction of sp³-hybridized carbons (Fsp3) is 0.527. The van der Waals surface area contributed by atoms with Crippen molar-refractivity contribution in [2.24, 2.45) is 46.5 Å². The Hall–Kier alpha value is -5.90. The lowest BCUT2D eigenvalue weighted by Gasteiger charge is -2.59. The molecule has 376 valence electrons. The molecule has 15 heteroatoms. The molecule has 0 radical (unpaired) electrons. The molecule has 0 saturated heterocycles. The summed E-state index contributed by atoms with van der Waals surface area (Å²) >= 11 is 0. The fourth-order valence-corrected chi connectivity index (χ4v) is 12.5. The van der Waals surface area contributed by atoms with Crippen LogP contribution in [0.15, 0.2) is 71.6 Å². The van der Waals surface area contributed by atoms with Crippen LogP contribution in [0.25, 0.3) is 10.8 Å². The van der Waals surface area contributed by atoms with Crippen LogP contribution in [0.2, 0.25) is 0 Å². The van der Waals surface area contributed by atoms with E-state index in [2.05, 4.69) is 10.3 Å². The molecule has 4 saturated carbocycles. The highest BCUT2D eigenvalue weighted by molar-refractivity contribution is 6.23. The first-order valence-electron chi connectivity index (χ1n) is 24.6. The van der Waals surface area contributed by atoms with Crippen molar-refractivity contribution in [2.75, 3.05) is 12.4 Å². The van der Waals surface area contributed by atoms with Gasteiger partial charge in [-0.1, -0.05) is 76.3 Å². The van der Waals surface area contributed by atoms with Gasteiger partial charge in [0.1, 0.15) is 23.4 Å². The number of hydrazone groups is 1. The molecule has 7 aliphatic rings. The van der Waals surface area contributed by atoms with Crippen molar-refractivity contribution in [3.63, 3.8) is 0 Å². The maximum absolute atomic E-state index is 14.8. The van der Waals surface area contributed by atoms with E-state index in [1.165, 1.54) is 71.8 Å². The molecular formula is C55H69N3O12. The zero-order valence-electron chi connectivity index (χ0n) is 41.6. The Morgan fingerprint density at radius 3 is 2.14 bits per heavy atom. The number of esters is 1. The van der Waals surface area contributed by atoms with Crippen LogP contribution >= 0.6 is 0 Å². The number of methoxy groups -OCH3 is 1. The maximum atomic E-state index is 14.8. The number of fused-ring (bicyclic) bond motifs is 14. The molecule has 3 aromatic carbocycles. The van der Waals surface area contributed by atoms with E-state index in [0.717, 1.165) is 24.8 Å². The van der Waals surface area contributed by atoms with Crippen molar-refractivity contribution < 1.29 is 58.9 Å². The highest BCUT2D eigenvalue weighted by Gasteiger charge is 2.54. The Labute approximate surface area is 409 Å². The third-order valence-electron chi connectivity index (χ3n) is 16.1. The number of ether oxygens (including phenoxy) is 4. The average Bonchev–Trinajstić information content (AvgIpc) is 3.58. The number of phenols is 3. The standard InChI is InChI=1S/C55H69N3O12/c1-28-14-13-15-29(2)53(66)57-44-39(26-56-58(27-35-16-11-10-12-17-35)55-23-36-20-37(24-55)22-38(21-36)25-55)48(63)41-42(49(44)64)47(62)33(6)51-43(41)52(65)54(8,70-51)68-19-18-40(67-9)30(3)50(69-34(7)59)32(5)46(61)31(4)45(28)60/h10-19,26,28,30-32,36-38,40,45-46,50,60-64H,20-25,27H2,1-9H3,(H,57,66)/t28-,30-,31-,32-,36?,37?,38?,40+,45-,46-,50-,54-,55?/m0/s1. The molecule has 0 aromatic heterocycles. The van der Waals surface area contributed by atoms with Gasteiger partial charge in [-0.15, -0.1) is 0 Å². The predicted octanol–water partition coefficient (Wildman–Crippen LogP) is 8.56. The van der Waals surface area contributed by atoms with Gasteiger partial charge in [0.2, 0.25) is 0 Å². The largest absolute Gasteiger partial charge is 0.507 e. The Bertz CT molecular complexity index is 2610. The highest BCUT2D eigenvalue weighted by atomic mass is 16.7. The number of nitrogens with one attached hydrogen (secondary N) is 1. The van der Waals surface area contributed by atoms with Gasteiger partial charge < -0.3 is 49.8 Å². The van der Waals surface area contributed by atoms with Gasteiger partial charge in [0.05, 0.1) is 65.1 Å². The molecule has 4 aliphatic carbocycles. The molecule has 15 nitrogen and oxygen atoms in total. The summed E-state index contributed by atoms with van der Waals surface area (Å²) in [6.07, 6.45) is 11.6. The lowest BCUT2D eigenvalue weighted by molar-refractivity contribution is -0.160.